The van der Waals surface area contributed by atoms with Crippen molar-refractivity contribution in [2.75, 3.05) is 13.1 Å². The molecule has 0 bridgehead atoms. The van der Waals surface area contributed by atoms with Crippen LogP contribution in [-0.4, -0.2) is 29.9 Å². The molecular weight excluding hydrogens is 224 g/mol. The molecule has 1 heterocycles. The minimum absolute atomic E-state index is 0.188. The van der Waals surface area contributed by atoms with Crippen molar-refractivity contribution >= 4 is 5.91 Å². The van der Waals surface area contributed by atoms with Crippen LogP contribution in [0, 0.1) is 11.8 Å². The number of amides is 1. The van der Waals surface area contributed by atoms with Gasteiger partial charge in [-0.05, 0) is 31.6 Å². The molecule has 0 aromatic carbocycles. The van der Waals surface area contributed by atoms with Gasteiger partial charge in [-0.1, -0.05) is 32.6 Å². The first-order valence-electron chi connectivity index (χ1n) is 7.74. The zero-order valence-electron chi connectivity index (χ0n) is 11.7. The lowest BCUT2D eigenvalue weighted by atomic mass is 9.76. The van der Waals surface area contributed by atoms with Gasteiger partial charge in [0.05, 0.1) is 0 Å². The summed E-state index contributed by atoms with van der Waals surface area (Å²) in [5, 5.41) is 0. The zero-order valence-corrected chi connectivity index (χ0v) is 11.7. The van der Waals surface area contributed by atoms with Gasteiger partial charge in [-0.25, -0.2) is 0 Å². The van der Waals surface area contributed by atoms with Gasteiger partial charge in [0, 0.05) is 25.0 Å². The van der Waals surface area contributed by atoms with E-state index in [-0.39, 0.29) is 12.0 Å². The summed E-state index contributed by atoms with van der Waals surface area (Å²) in [6.07, 6.45) is 9.52. The first-order valence-corrected chi connectivity index (χ1v) is 7.74. The topological polar surface area (TPSA) is 46.3 Å². The van der Waals surface area contributed by atoms with Crippen molar-refractivity contribution < 1.29 is 4.79 Å². The van der Waals surface area contributed by atoms with Crippen molar-refractivity contribution in [2.24, 2.45) is 17.6 Å². The molecule has 0 aromatic heterocycles. The molecule has 104 valence electrons. The molecule has 3 heteroatoms. The van der Waals surface area contributed by atoms with Crippen molar-refractivity contribution in [1.29, 1.82) is 0 Å². The Labute approximate surface area is 111 Å². The van der Waals surface area contributed by atoms with Gasteiger partial charge in [-0.2, -0.15) is 0 Å². The number of hydrogen-bond donors (Lipinski definition) is 1. The Balaban J connectivity index is 1.95. The third-order valence-corrected chi connectivity index (χ3v) is 4.85. The van der Waals surface area contributed by atoms with Gasteiger partial charge in [0.15, 0.2) is 0 Å². The van der Waals surface area contributed by atoms with Crippen molar-refractivity contribution in [2.45, 2.75) is 64.3 Å². The molecule has 2 fully saturated rings. The Hall–Kier alpha value is -0.570. The molecule has 2 rings (SSSR count). The van der Waals surface area contributed by atoms with Crippen LogP contribution in [0.5, 0.6) is 0 Å². The van der Waals surface area contributed by atoms with Gasteiger partial charge in [0.1, 0.15) is 0 Å². The predicted octanol–water partition coefficient (Wildman–Crippen LogP) is 2.54. The van der Waals surface area contributed by atoms with Crippen molar-refractivity contribution in [3.8, 4) is 0 Å². The highest BCUT2D eigenvalue weighted by Gasteiger charge is 2.34. The number of hydrogen-bond acceptors (Lipinski definition) is 2. The monoisotopic (exact) mass is 252 g/mol. The molecule has 1 aliphatic heterocycles. The second-order valence-corrected chi connectivity index (χ2v) is 6.15. The molecule has 0 spiro atoms. The fourth-order valence-electron chi connectivity index (χ4n) is 3.45. The fraction of sp³-hybridized carbons (Fsp3) is 0.933. The molecule has 1 saturated carbocycles. The van der Waals surface area contributed by atoms with Crippen LogP contribution in [0.1, 0.15) is 58.3 Å². The molecule has 1 amide bonds. The first-order chi connectivity index (χ1) is 8.70. The number of rotatable bonds is 1. The average Bonchev–Trinajstić information content (AvgIpc) is 2.31. The van der Waals surface area contributed by atoms with E-state index in [4.69, 9.17) is 5.73 Å². The summed E-state index contributed by atoms with van der Waals surface area (Å²) >= 11 is 0. The Morgan fingerprint density at radius 2 is 1.61 bits per heavy atom. The average molecular weight is 252 g/mol. The van der Waals surface area contributed by atoms with E-state index in [0.717, 1.165) is 32.4 Å². The van der Waals surface area contributed by atoms with E-state index in [1.165, 1.54) is 32.1 Å². The summed E-state index contributed by atoms with van der Waals surface area (Å²) in [5.74, 6) is 0.935. The Bertz CT molecular complexity index is 272. The van der Waals surface area contributed by atoms with Gasteiger partial charge < -0.3 is 10.6 Å². The fourth-order valence-corrected chi connectivity index (χ4v) is 3.45. The van der Waals surface area contributed by atoms with Gasteiger partial charge in [0.25, 0.3) is 0 Å². The minimum Gasteiger partial charge on any atom is -0.342 e. The van der Waals surface area contributed by atoms with Gasteiger partial charge in [0.2, 0.25) is 5.91 Å². The number of nitrogens with zero attached hydrogens (tertiary/aromatic N) is 1. The van der Waals surface area contributed by atoms with E-state index in [0.29, 0.717) is 11.8 Å². The number of nitrogens with two attached hydrogens (primary N) is 1. The van der Waals surface area contributed by atoms with E-state index in [9.17, 15) is 4.79 Å². The summed E-state index contributed by atoms with van der Waals surface area (Å²) in [7, 11) is 0. The maximum atomic E-state index is 12.6. The van der Waals surface area contributed by atoms with E-state index in [1.54, 1.807) is 0 Å². The second kappa shape index (κ2) is 6.55. The van der Waals surface area contributed by atoms with E-state index >= 15 is 0 Å². The molecule has 3 atom stereocenters. The highest BCUT2D eigenvalue weighted by molar-refractivity contribution is 5.79. The van der Waals surface area contributed by atoms with Crippen LogP contribution in [0.4, 0.5) is 0 Å². The molecule has 3 nitrogen and oxygen atoms in total. The Morgan fingerprint density at radius 1 is 1.00 bits per heavy atom. The summed E-state index contributed by atoms with van der Waals surface area (Å²) in [4.78, 5) is 14.8. The summed E-state index contributed by atoms with van der Waals surface area (Å²) in [6, 6.07) is 0.224. The van der Waals surface area contributed by atoms with Gasteiger partial charge in [-0.3, -0.25) is 4.79 Å². The number of carbonyl (C=O) groups is 1. The molecular formula is C15H28N2O. The lowest BCUT2D eigenvalue weighted by Crippen LogP contribution is -2.46. The smallest absolute Gasteiger partial charge is 0.226 e. The molecule has 0 aromatic rings. The van der Waals surface area contributed by atoms with Crippen LogP contribution in [0.25, 0.3) is 0 Å². The molecule has 2 N–H and O–H groups in total. The van der Waals surface area contributed by atoms with Crippen molar-refractivity contribution in [1.82, 2.24) is 4.90 Å². The first kappa shape index (κ1) is 13.9. The highest BCUT2D eigenvalue weighted by atomic mass is 16.2. The lowest BCUT2D eigenvalue weighted by Gasteiger charge is -2.37. The van der Waals surface area contributed by atoms with Gasteiger partial charge >= 0.3 is 0 Å². The largest absolute Gasteiger partial charge is 0.342 e. The quantitative estimate of drug-likeness (QED) is 0.779. The van der Waals surface area contributed by atoms with Crippen molar-refractivity contribution in [3.63, 3.8) is 0 Å². The predicted molar refractivity (Wildman–Crippen MR) is 74.1 cm³/mol. The molecule has 0 radical (unpaired) electrons. The van der Waals surface area contributed by atoms with E-state index < -0.39 is 0 Å². The zero-order chi connectivity index (χ0) is 13.0. The summed E-state index contributed by atoms with van der Waals surface area (Å²) in [5.41, 5.74) is 6.12. The Kier molecular flexibility index (Phi) is 5.04. The normalized spacial score (nSPS) is 34.8. The SMILES string of the molecule is CC1C(N)CCCC1C(=O)N1CCCCCCC1. The maximum absolute atomic E-state index is 12.6. The van der Waals surface area contributed by atoms with Crippen LogP contribution >= 0.6 is 0 Å². The van der Waals surface area contributed by atoms with E-state index in [1.807, 2.05) is 0 Å². The van der Waals surface area contributed by atoms with Crippen LogP contribution < -0.4 is 5.73 Å². The van der Waals surface area contributed by atoms with E-state index in [2.05, 4.69) is 11.8 Å². The van der Waals surface area contributed by atoms with Crippen LogP contribution in [0.2, 0.25) is 0 Å². The van der Waals surface area contributed by atoms with Crippen LogP contribution in [0.15, 0.2) is 0 Å². The molecule has 2 aliphatic rings. The maximum Gasteiger partial charge on any atom is 0.226 e. The number of carbonyl (C=O) groups excluding carboxylic acids is 1. The molecule has 18 heavy (non-hydrogen) atoms. The summed E-state index contributed by atoms with van der Waals surface area (Å²) in [6.45, 7) is 4.10. The molecule has 1 saturated heterocycles. The molecule has 3 unspecified atom stereocenters. The minimum atomic E-state index is 0.188. The van der Waals surface area contributed by atoms with Gasteiger partial charge in [-0.15, -0.1) is 0 Å². The Morgan fingerprint density at radius 3 is 2.28 bits per heavy atom. The second-order valence-electron chi connectivity index (χ2n) is 6.15. The third-order valence-electron chi connectivity index (χ3n) is 4.85. The summed E-state index contributed by atoms with van der Waals surface area (Å²) < 4.78 is 0. The standard InChI is InChI=1S/C15H28N2O/c1-12-13(8-7-9-14(12)16)15(18)17-10-5-3-2-4-6-11-17/h12-14H,2-11,16H2,1H3. The molecule has 1 aliphatic carbocycles. The lowest BCUT2D eigenvalue weighted by molar-refractivity contribution is -0.139. The van der Waals surface area contributed by atoms with Crippen LogP contribution in [0.3, 0.4) is 0 Å². The third kappa shape index (κ3) is 3.25. The highest BCUT2D eigenvalue weighted by Crippen LogP contribution is 2.31. The van der Waals surface area contributed by atoms with Crippen LogP contribution in [-0.2, 0) is 4.79 Å². The number of likely N-dealkylation sites (tertiary alicyclic amines) is 1. The van der Waals surface area contributed by atoms with Crippen molar-refractivity contribution in [3.05, 3.63) is 0 Å².